The zero-order valence-corrected chi connectivity index (χ0v) is 17.1. The van der Waals surface area contributed by atoms with Crippen LogP contribution in [-0.4, -0.2) is 77.5 Å². The summed E-state index contributed by atoms with van der Waals surface area (Å²) in [6.45, 7) is 1.62. The van der Waals surface area contributed by atoms with Crippen LogP contribution >= 0.6 is 0 Å². The first kappa shape index (κ1) is 29.1. The summed E-state index contributed by atoms with van der Waals surface area (Å²) in [7, 11) is 3.67. The lowest BCUT2D eigenvalue weighted by molar-refractivity contribution is -0.193. The predicted molar refractivity (Wildman–Crippen MR) is 98.6 cm³/mol. The maximum Gasteiger partial charge on any atom is 0.490 e. The van der Waals surface area contributed by atoms with Gasteiger partial charge in [0, 0.05) is 39.1 Å². The fourth-order valence-corrected chi connectivity index (χ4v) is 2.49. The van der Waals surface area contributed by atoms with Crippen molar-refractivity contribution in [3.05, 3.63) is 30.1 Å². The fourth-order valence-electron chi connectivity index (χ4n) is 2.49. The van der Waals surface area contributed by atoms with Crippen molar-refractivity contribution in [2.45, 2.75) is 31.6 Å². The highest BCUT2D eigenvalue weighted by Gasteiger charge is 2.44. The van der Waals surface area contributed by atoms with E-state index in [1.165, 1.54) is 0 Å². The van der Waals surface area contributed by atoms with Gasteiger partial charge in [-0.05, 0) is 31.4 Å². The smallest absolute Gasteiger partial charge is 0.475 e. The molecule has 2 heterocycles. The van der Waals surface area contributed by atoms with Gasteiger partial charge >= 0.3 is 24.3 Å². The summed E-state index contributed by atoms with van der Waals surface area (Å²) < 4.78 is 63.5. The molecule has 0 aliphatic carbocycles. The van der Waals surface area contributed by atoms with Crippen molar-refractivity contribution >= 4 is 17.8 Å². The molecule has 0 saturated carbocycles. The third kappa shape index (κ3) is 10.4. The van der Waals surface area contributed by atoms with Gasteiger partial charge in [-0.3, -0.25) is 9.78 Å². The van der Waals surface area contributed by atoms with E-state index >= 15 is 0 Å². The molecule has 8 nitrogen and oxygen atoms in total. The molecule has 0 spiro atoms. The molecule has 1 amide bonds. The van der Waals surface area contributed by atoms with Crippen molar-refractivity contribution in [2.24, 2.45) is 5.41 Å². The Morgan fingerprint density at radius 3 is 1.78 bits per heavy atom. The molecular formula is C18H23F6N3O5. The summed E-state index contributed by atoms with van der Waals surface area (Å²) in [5.74, 6) is -5.26. The SMILES string of the molecule is CN(C)C(=O)C1(CCCc2ccccn2)CNC1.O=C(O)C(F)(F)F.O=C(O)C(F)(F)F. The number of halogens is 6. The van der Waals surface area contributed by atoms with Gasteiger partial charge in [-0.25, -0.2) is 9.59 Å². The van der Waals surface area contributed by atoms with E-state index < -0.39 is 24.3 Å². The van der Waals surface area contributed by atoms with Gasteiger partial charge in [0.15, 0.2) is 0 Å². The highest BCUT2D eigenvalue weighted by molar-refractivity contribution is 5.83. The van der Waals surface area contributed by atoms with Gasteiger partial charge in [0.1, 0.15) is 0 Å². The minimum atomic E-state index is -5.08. The molecule has 3 N–H and O–H groups in total. The standard InChI is InChI=1S/C14H21N3O.2C2HF3O2/c1-17(2)13(18)14(10-15-11-14)8-5-7-12-6-3-4-9-16-12;2*3-2(4,5)1(6)7/h3-4,6,9,15H,5,7-8,10-11H2,1-2H3;2*(H,6,7). The lowest BCUT2D eigenvalue weighted by atomic mass is 9.76. The van der Waals surface area contributed by atoms with Gasteiger partial charge in [0.25, 0.3) is 0 Å². The summed E-state index contributed by atoms with van der Waals surface area (Å²) in [6, 6.07) is 5.98. The number of alkyl halides is 6. The molecule has 32 heavy (non-hydrogen) atoms. The molecular weight excluding hydrogens is 452 g/mol. The summed E-state index contributed by atoms with van der Waals surface area (Å²) in [6.07, 6.45) is -5.45. The molecule has 14 heteroatoms. The maximum atomic E-state index is 12.2. The highest BCUT2D eigenvalue weighted by Crippen LogP contribution is 2.31. The van der Waals surface area contributed by atoms with Gasteiger partial charge in [-0.1, -0.05) is 6.07 Å². The van der Waals surface area contributed by atoms with Crippen LogP contribution in [-0.2, 0) is 20.8 Å². The maximum absolute atomic E-state index is 12.2. The monoisotopic (exact) mass is 475 g/mol. The number of rotatable bonds is 5. The molecule has 1 aromatic rings. The third-order valence-corrected chi connectivity index (χ3v) is 4.09. The Hall–Kier alpha value is -2.90. The van der Waals surface area contributed by atoms with E-state index in [0.29, 0.717) is 0 Å². The molecule has 1 aromatic heterocycles. The Balaban J connectivity index is 0.000000570. The number of aromatic nitrogens is 1. The summed E-state index contributed by atoms with van der Waals surface area (Å²) >= 11 is 0. The molecule has 1 aliphatic rings. The zero-order chi connectivity index (χ0) is 25.2. The van der Waals surface area contributed by atoms with Gasteiger partial charge in [-0.2, -0.15) is 26.3 Å². The van der Waals surface area contributed by atoms with Crippen LogP contribution in [0.4, 0.5) is 26.3 Å². The quantitative estimate of drug-likeness (QED) is 0.560. The number of hydrogen-bond acceptors (Lipinski definition) is 5. The van der Waals surface area contributed by atoms with E-state index in [0.717, 1.165) is 38.0 Å². The Morgan fingerprint density at radius 2 is 1.50 bits per heavy atom. The van der Waals surface area contributed by atoms with E-state index in [1.54, 1.807) is 4.90 Å². The van der Waals surface area contributed by atoms with E-state index in [1.807, 2.05) is 38.5 Å². The molecule has 0 atom stereocenters. The first-order valence-electron chi connectivity index (χ1n) is 8.95. The van der Waals surface area contributed by atoms with Gasteiger partial charge in [0.2, 0.25) is 5.91 Å². The van der Waals surface area contributed by atoms with Crippen LogP contribution < -0.4 is 5.32 Å². The van der Waals surface area contributed by atoms with Crippen molar-refractivity contribution in [2.75, 3.05) is 27.2 Å². The van der Waals surface area contributed by atoms with Crippen molar-refractivity contribution in [3.63, 3.8) is 0 Å². The second-order valence-corrected chi connectivity index (χ2v) is 6.86. The van der Waals surface area contributed by atoms with E-state index in [4.69, 9.17) is 19.8 Å². The van der Waals surface area contributed by atoms with Crippen LogP contribution in [0.2, 0.25) is 0 Å². The number of amides is 1. The van der Waals surface area contributed by atoms with Crippen molar-refractivity contribution in [1.29, 1.82) is 0 Å². The van der Waals surface area contributed by atoms with Crippen LogP contribution in [0.1, 0.15) is 18.5 Å². The number of carboxylic acids is 2. The molecule has 0 unspecified atom stereocenters. The normalized spacial score (nSPS) is 14.5. The first-order valence-corrected chi connectivity index (χ1v) is 8.95. The van der Waals surface area contributed by atoms with Crippen LogP contribution in [0, 0.1) is 5.41 Å². The number of pyridine rings is 1. The largest absolute Gasteiger partial charge is 0.490 e. The zero-order valence-electron chi connectivity index (χ0n) is 17.1. The van der Waals surface area contributed by atoms with Crippen LogP contribution in [0.25, 0.3) is 0 Å². The van der Waals surface area contributed by atoms with Crippen LogP contribution in [0.5, 0.6) is 0 Å². The Kier molecular flexibility index (Phi) is 11.1. The number of nitrogens with zero attached hydrogens (tertiary/aromatic N) is 2. The Bertz CT molecular complexity index is 726. The van der Waals surface area contributed by atoms with Crippen LogP contribution in [0.3, 0.4) is 0 Å². The average molecular weight is 475 g/mol. The topological polar surface area (TPSA) is 120 Å². The Labute approximate surface area is 179 Å². The molecule has 1 aliphatic heterocycles. The van der Waals surface area contributed by atoms with Gasteiger partial charge < -0.3 is 20.4 Å². The third-order valence-electron chi connectivity index (χ3n) is 4.09. The molecule has 0 radical (unpaired) electrons. The molecule has 0 aromatic carbocycles. The van der Waals surface area contributed by atoms with Crippen molar-refractivity contribution in [3.8, 4) is 0 Å². The number of aryl methyl sites for hydroxylation is 1. The summed E-state index contributed by atoms with van der Waals surface area (Å²) in [5.41, 5.74) is 0.940. The molecule has 182 valence electrons. The predicted octanol–water partition coefficient (Wildman–Crippen LogP) is 2.35. The van der Waals surface area contributed by atoms with Gasteiger partial charge in [-0.15, -0.1) is 0 Å². The number of carbonyl (C=O) groups excluding carboxylic acids is 1. The number of hydrogen-bond donors (Lipinski definition) is 3. The van der Waals surface area contributed by atoms with Crippen LogP contribution in [0.15, 0.2) is 24.4 Å². The molecule has 1 saturated heterocycles. The van der Waals surface area contributed by atoms with E-state index in [9.17, 15) is 31.1 Å². The minimum absolute atomic E-state index is 0.168. The number of carboxylic acid groups (broad SMARTS) is 2. The highest BCUT2D eigenvalue weighted by atomic mass is 19.4. The molecule has 2 rings (SSSR count). The van der Waals surface area contributed by atoms with Gasteiger partial charge in [0.05, 0.1) is 5.41 Å². The number of nitrogens with one attached hydrogen (secondary N) is 1. The average Bonchev–Trinajstić information content (AvgIpc) is 2.63. The first-order chi connectivity index (χ1) is 14.5. The van der Waals surface area contributed by atoms with Crippen molar-refractivity contribution < 1.29 is 50.9 Å². The number of aliphatic carboxylic acids is 2. The van der Waals surface area contributed by atoms with E-state index in [2.05, 4.69) is 10.3 Å². The second-order valence-electron chi connectivity index (χ2n) is 6.86. The number of carbonyl (C=O) groups is 3. The Morgan fingerprint density at radius 1 is 1.03 bits per heavy atom. The fraction of sp³-hybridized carbons (Fsp3) is 0.556. The second kappa shape index (κ2) is 12.2. The molecule has 0 bridgehead atoms. The molecule has 1 fully saturated rings. The van der Waals surface area contributed by atoms with E-state index in [-0.39, 0.29) is 11.3 Å². The lowest BCUT2D eigenvalue weighted by Crippen LogP contribution is -2.61. The summed E-state index contributed by atoms with van der Waals surface area (Å²) in [4.78, 5) is 36.0. The minimum Gasteiger partial charge on any atom is -0.475 e. The summed E-state index contributed by atoms with van der Waals surface area (Å²) in [5, 5.41) is 17.5. The lowest BCUT2D eigenvalue weighted by Gasteiger charge is -2.42. The van der Waals surface area contributed by atoms with Crippen molar-refractivity contribution in [1.82, 2.24) is 15.2 Å².